The van der Waals surface area contributed by atoms with Crippen molar-refractivity contribution >= 4 is 22.8 Å². The molecular formula is C15H16ClN3O2. The summed E-state index contributed by atoms with van der Waals surface area (Å²) in [6.07, 6.45) is 0. The molecule has 0 saturated heterocycles. The number of fused-ring (bicyclic) bond motifs is 1. The number of halogens is 1. The SMILES string of the molecule is COc1ccc2nc(CCl)n(C(C)c3ccc(C)o3)c2n1. The van der Waals surface area contributed by atoms with Crippen molar-refractivity contribution in [2.24, 2.45) is 0 Å². The summed E-state index contributed by atoms with van der Waals surface area (Å²) < 4.78 is 12.9. The molecule has 1 atom stereocenters. The zero-order valence-electron chi connectivity index (χ0n) is 12.1. The largest absolute Gasteiger partial charge is 0.481 e. The monoisotopic (exact) mass is 305 g/mol. The Morgan fingerprint density at radius 3 is 2.71 bits per heavy atom. The quantitative estimate of drug-likeness (QED) is 0.690. The van der Waals surface area contributed by atoms with Crippen molar-refractivity contribution in [1.29, 1.82) is 0 Å². The van der Waals surface area contributed by atoms with Gasteiger partial charge in [-0.25, -0.2) is 4.98 Å². The minimum Gasteiger partial charge on any atom is -0.481 e. The van der Waals surface area contributed by atoms with Gasteiger partial charge < -0.3 is 13.7 Å². The number of nitrogens with zero attached hydrogens (tertiary/aromatic N) is 3. The zero-order chi connectivity index (χ0) is 15.0. The van der Waals surface area contributed by atoms with Gasteiger partial charge in [-0.3, -0.25) is 0 Å². The molecule has 0 aliphatic heterocycles. The average Bonchev–Trinajstić information content (AvgIpc) is 3.08. The van der Waals surface area contributed by atoms with Crippen molar-refractivity contribution in [3.8, 4) is 5.88 Å². The summed E-state index contributed by atoms with van der Waals surface area (Å²) in [4.78, 5) is 9.02. The molecule has 0 spiro atoms. The summed E-state index contributed by atoms with van der Waals surface area (Å²) in [5, 5.41) is 0. The predicted molar refractivity (Wildman–Crippen MR) is 80.9 cm³/mol. The van der Waals surface area contributed by atoms with Crippen molar-refractivity contribution in [2.45, 2.75) is 25.8 Å². The molecule has 0 bridgehead atoms. The van der Waals surface area contributed by atoms with Gasteiger partial charge in [0.1, 0.15) is 22.9 Å². The zero-order valence-corrected chi connectivity index (χ0v) is 12.9. The predicted octanol–water partition coefficient (Wildman–Crippen LogP) is 3.69. The van der Waals surface area contributed by atoms with E-state index in [1.165, 1.54) is 0 Å². The van der Waals surface area contributed by atoms with Gasteiger partial charge in [0, 0.05) is 6.07 Å². The first-order valence-electron chi connectivity index (χ1n) is 6.68. The molecule has 0 aliphatic rings. The maximum atomic E-state index is 6.04. The van der Waals surface area contributed by atoms with Gasteiger partial charge in [0.25, 0.3) is 0 Å². The molecule has 3 aromatic heterocycles. The van der Waals surface area contributed by atoms with Gasteiger partial charge in [-0.2, -0.15) is 4.98 Å². The van der Waals surface area contributed by atoms with E-state index < -0.39 is 0 Å². The fourth-order valence-electron chi connectivity index (χ4n) is 2.42. The van der Waals surface area contributed by atoms with Crippen molar-refractivity contribution in [1.82, 2.24) is 14.5 Å². The third kappa shape index (κ3) is 2.38. The Bertz CT molecular complexity index is 778. The van der Waals surface area contributed by atoms with Crippen LogP contribution in [0.2, 0.25) is 0 Å². The van der Waals surface area contributed by atoms with Crippen molar-refractivity contribution < 1.29 is 9.15 Å². The van der Waals surface area contributed by atoms with E-state index in [0.717, 1.165) is 28.5 Å². The Morgan fingerprint density at radius 1 is 1.29 bits per heavy atom. The maximum Gasteiger partial charge on any atom is 0.215 e. The van der Waals surface area contributed by atoms with Crippen molar-refractivity contribution in [3.63, 3.8) is 0 Å². The van der Waals surface area contributed by atoms with Crippen LogP contribution in [-0.2, 0) is 5.88 Å². The molecular weight excluding hydrogens is 290 g/mol. The van der Waals surface area contributed by atoms with Gasteiger partial charge in [-0.1, -0.05) is 0 Å². The third-order valence-corrected chi connectivity index (χ3v) is 3.71. The lowest BCUT2D eigenvalue weighted by atomic mass is 10.2. The molecule has 0 N–H and O–H groups in total. The number of aryl methyl sites for hydroxylation is 1. The highest BCUT2D eigenvalue weighted by molar-refractivity contribution is 6.16. The van der Waals surface area contributed by atoms with Crippen LogP contribution in [0, 0.1) is 6.92 Å². The molecule has 110 valence electrons. The average molecular weight is 306 g/mol. The molecule has 6 heteroatoms. The standard InChI is InChI=1S/C15H16ClN3O2/c1-9-4-6-12(21-9)10(2)19-13(8-16)17-11-5-7-14(20-3)18-15(11)19/h4-7,10H,8H2,1-3H3. The van der Waals surface area contributed by atoms with Crippen LogP contribution < -0.4 is 4.74 Å². The van der Waals surface area contributed by atoms with E-state index in [-0.39, 0.29) is 6.04 Å². The van der Waals surface area contributed by atoms with Crippen LogP contribution in [-0.4, -0.2) is 21.6 Å². The Morgan fingerprint density at radius 2 is 2.10 bits per heavy atom. The number of hydrogen-bond acceptors (Lipinski definition) is 4. The molecule has 5 nitrogen and oxygen atoms in total. The molecule has 0 saturated carbocycles. The second-order valence-electron chi connectivity index (χ2n) is 4.85. The summed E-state index contributed by atoms with van der Waals surface area (Å²) in [6, 6.07) is 7.54. The van der Waals surface area contributed by atoms with Crippen LogP contribution in [0.5, 0.6) is 5.88 Å². The number of hydrogen-bond donors (Lipinski definition) is 0. The number of furan rings is 1. The molecule has 3 aromatic rings. The number of alkyl halides is 1. The van der Waals surface area contributed by atoms with Crippen LogP contribution >= 0.6 is 11.6 Å². The fraction of sp³-hybridized carbons (Fsp3) is 0.333. The topological polar surface area (TPSA) is 53.1 Å². The van der Waals surface area contributed by atoms with E-state index in [9.17, 15) is 0 Å². The van der Waals surface area contributed by atoms with Crippen LogP contribution in [0.25, 0.3) is 11.2 Å². The van der Waals surface area contributed by atoms with Crippen LogP contribution in [0.15, 0.2) is 28.7 Å². The Balaban J connectivity index is 2.18. The molecule has 0 aromatic carbocycles. The van der Waals surface area contributed by atoms with Gasteiger partial charge in [0.15, 0.2) is 5.65 Å². The first-order valence-corrected chi connectivity index (χ1v) is 7.21. The van der Waals surface area contributed by atoms with Gasteiger partial charge in [-0.15, -0.1) is 11.6 Å². The van der Waals surface area contributed by atoms with Gasteiger partial charge in [-0.05, 0) is 32.0 Å². The molecule has 0 amide bonds. The van der Waals surface area contributed by atoms with Crippen LogP contribution in [0.3, 0.4) is 0 Å². The lowest BCUT2D eigenvalue weighted by molar-refractivity contribution is 0.397. The highest BCUT2D eigenvalue weighted by Gasteiger charge is 2.20. The number of ether oxygens (including phenoxy) is 1. The van der Waals surface area contributed by atoms with Crippen molar-refractivity contribution in [2.75, 3.05) is 7.11 Å². The van der Waals surface area contributed by atoms with Crippen molar-refractivity contribution in [3.05, 3.63) is 41.6 Å². The third-order valence-electron chi connectivity index (χ3n) is 3.47. The van der Waals surface area contributed by atoms with E-state index in [2.05, 4.69) is 9.97 Å². The summed E-state index contributed by atoms with van der Waals surface area (Å²) >= 11 is 6.04. The minimum atomic E-state index is -0.0444. The second-order valence-corrected chi connectivity index (χ2v) is 5.12. The summed E-state index contributed by atoms with van der Waals surface area (Å²) in [5.41, 5.74) is 1.54. The van der Waals surface area contributed by atoms with E-state index >= 15 is 0 Å². The van der Waals surface area contributed by atoms with E-state index in [4.69, 9.17) is 20.8 Å². The fourth-order valence-corrected chi connectivity index (χ4v) is 2.61. The van der Waals surface area contributed by atoms with Gasteiger partial charge in [0.2, 0.25) is 5.88 Å². The van der Waals surface area contributed by atoms with E-state index in [1.54, 1.807) is 13.2 Å². The highest BCUT2D eigenvalue weighted by Crippen LogP contribution is 2.28. The highest BCUT2D eigenvalue weighted by atomic mass is 35.5. The molecule has 0 fully saturated rings. The molecule has 1 unspecified atom stereocenters. The maximum absolute atomic E-state index is 6.04. The van der Waals surface area contributed by atoms with Gasteiger partial charge in [0.05, 0.1) is 19.0 Å². The molecule has 0 aliphatic carbocycles. The summed E-state index contributed by atoms with van der Waals surface area (Å²) in [7, 11) is 1.59. The summed E-state index contributed by atoms with van der Waals surface area (Å²) in [5.74, 6) is 3.34. The minimum absolute atomic E-state index is 0.0444. The number of pyridine rings is 1. The van der Waals surface area contributed by atoms with E-state index in [1.807, 2.05) is 36.6 Å². The molecule has 0 radical (unpaired) electrons. The first kappa shape index (κ1) is 13.9. The normalized spacial score (nSPS) is 12.8. The first-order chi connectivity index (χ1) is 10.1. The Labute approximate surface area is 127 Å². The van der Waals surface area contributed by atoms with Gasteiger partial charge >= 0.3 is 0 Å². The van der Waals surface area contributed by atoms with Crippen LogP contribution in [0.1, 0.15) is 30.3 Å². The summed E-state index contributed by atoms with van der Waals surface area (Å²) in [6.45, 7) is 3.96. The lowest BCUT2D eigenvalue weighted by Crippen LogP contribution is -2.10. The van der Waals surface area contributed by atoms with E-state index in [0.29, 0.717) is 11.8 Å². The smallest absolute Gasteiger partial charge is 0.215 e. The Hall–Kier alpha value is -2.01. The number of rotatable bonds is 4. The number of aromatic nitrogens is 3. The Kier molecular flexibility index (Phi) is 3.59. The lowest BCUT2D eigenvalue weighted by Gasteiger charge is -2.14. The number of methoxy groups -OCH3 is 1. The number of imidazole rings is 1. The molecule has 21 heavy (non-hydrogen) atoms. The second kappa shape index (κ2) is 5.41. The molecule has 3 rings (SSSR count). The molecule has 3 heterocycles. The van der Waals surface area contributed by atoms with Crippen LogP contribution in [0.4, 0.5) is 0 Å².